The van der Waals surface area contributed by atoms with Gasteiger partial charge in [-0.3, -0.25) is 4.79 Å². The molecular formula is C18H10Cl2N2OS. The van der Waals surface area contributed by atoms with Crippen molar-refractivity contribution < 1.29 is 4.79 Å². The van der Waals surface area contributed by atoms with Crippen LogP contribution in [0.4, 0.5) is 0 Å². The Bertz CT molecular complexity index is 929. The third kappa shape index (κ3) is 3.49. The third-order valence-electron chi connectivity index (χ3n) is 3.41. The number of hydrogen-bond acceptors (Lipinski definition) is 4. The Morgan fingerprint density at radius 1 is 1.12 bits per heavy atom. The van der Waals surface area contributed by atoms with E-state index in [0.717, 1.165) is 5.56 Å². The topological polar surface area (TPSA) is 53.8 Å². The van der Waals surface area contributed by atoms with Gasteiger partial charge in [0.05, 0.1) is 11.8 Å². The van der Waals surface area contributed by atoms with Crippen molar-refractivity contribution in [3.8, 4) is 17.3 Å². The first-order chi connectivity index (χ1) is 11.6. The summed E-state index contributed by atoms with van der Waals surface area (Å²) in [5.41, 5.74) is 2.00. The number of thiazole rings is 1. The number of carbonyl (C=O) groups excluding carboxylic acids is 1. The first-order valence-corrected chi connectivity index (χ1v) is 8.63. The van der Waals surface area contributed by atoms with Gasteiger partial charge in [-0.15, -0.1) is 11.3 Å². The van der Waals surface area contributed by atoms with Crippen molar-refractivity contribution in [2.75, 3.05) is 0 Å². The second kappa shape index (κ2) is 7.14. The molecule has 0 spiro atoms. The van der Waals surface area contributed by atoms with Crippen molar-refractivity contribution >= 4 is 40.3 Å². The van der Waals surface area contributed by atoms with E-state index in [1.54, 1.807) is 36.4 Å². The maximum absolute atomic E-state index is 12.6. The number of benzene rings is 2. The fraction of sp³-hybridized carbons (Fsp3) is 0.0556. The average molecular weight is 373 g/mol. The van der Waals surface area contributed by atoms with Gasteiger partial charge in [0.15, 0.2) is 11.7 Å². The normalized spacial score (nSPS) is 11.7. The molecule has 3 nitrogen and oxygen atoms in total. The second-order valence-electron chi connectivity index (χ2n) is 5.01. The number of Topliss-reactive ketones (excluding diaryl/α,β-unsaturated/α-hetero) is 1. The summed E-state index contributed by atoms with van der Waals surface area (Å²) in [7, 11) is 0. The van der Waals surface area contributed by atoms with E-state index in [4.69, 9.17) is 23.2 Å². The van der Waals surface area contributed by atoms with Gasteiger partial charge in [0.1, 0.15) is 5.01 Å². The van der Waals surface area contributed by atoms with E-state index in [0.29, 0.717) is 26.3 Å². The average Bonchev–Trinajstić information content (AvgIpc) is 3.06. The molecule has 1 atom stereocenters. The third-order valence-corrected chi connectivity index (χ3v) is 4.81. The summed E-state index contributed by atoms with van der Waals surface area (Å²) in [5, 5.41) is 12.8. The summed E-state index contributed by atoms with van der Waals surface area (Å²) < 4.78 is 0. The fourth-order valence-electron chi connectivity index (χ4n) is 2.21. The molecule has 3 rings (SSSR count). The zero-order chi connectivity index (χ0) is 17.1. The van der Waals surface area contributed by atoms with Crippen LogP contribution in [0.1, 0.15) is 21.3 Å². The Morgan fingerprint density at radius 2 is 1.88 bits per heavy atom. The number of halogens is 2. The fourth-order valence-corrected chi connectivity index (χ4v) is 3.39. The number of nitriles is 1. The lowest BCUT2D eigenvalue weighted by Gasteiger charge is -2.05. The van der Waals surface area contributed by atoms with Gasteiger partial charge >= 0.3 is 0 Å². The van der Waals surface area contributed by atoms with Crippen molar-refractivity contribution in [3.05, 3.63) is 74.5 Å². The number of carbonyl (C=O) groups is 1. The summed E-state index contributed by atoms with van der Waals surface area (Å²) in [6.07, 6.45) is 0. The Hall–Kier alpha value is -2.19. The lowest BCUT2D eigenvalue weighted by molar-refractivity contribution is 0.0979. The van der Waals surface area contributed by atoms with Gasteiger partial charge in [-0.05, 0) is 24.3 Å². The largest absolute Gasteiger partial charge is 0.292 e. The maximum atomic E-state index is 12.6. The highest BCUT2D eigenvalue weighted by Gasteiger charge is 2.25. The molecule has 6 heteroatoms. The van der Waals surface area contributed by atoms with Gasteiger partial charge in [0.25, 0.3) is 0 Å². The van der Waals surface area contributed by atoms with E-state index >= 15 is 0 Å². The van der Waals surface area contributed by atoms with Crippen LogP contribution in [0.3, 0.4) is 0 Å². The molecule has 0 radical (unpaired) electrons. The molecule has 0 fully saturated rings. The highest BCUT2D eigenvalue weighted by Crippen LogP contribution is 2.29. The first-order valence-electron chi connectivity index (χ1n) is 6.99. The van der Waals surface area contributed by atoms with Gasteiger partial charge in [0, 0.05) is 26.6 Å². The van der Waals surface area contributed by atoms with Crippen LogP contribution in [0.25, 0.3) is 11.3 Å². The van der Waals surface area contributed by atoms with Crippen LogP contribution < -0.4 is 0 Å². The molecule has 0 bridgehead atoms. The lowest BCUT2D eigenvalue weighted by Crippen LogP contribution is -2.11. The van der Waals surface area contributed by atoms with E-state index in [2.05, 4.69) is 4.98 Å². The van der Waals surface area contributed by atoms with E-state index < -0.39 is 5.92 Å². The lowest BCUT2D eigenvalue weighted by atomic mass is 9.99. The van der Waals surface area contributed by atoms with E-state index in [9.17, 15) is 10.1 Å². The van der Waals surface area contributed by atoms with Crippen LogP contribution in [0.5, 0.6) is 0 Å². The minimum atomic E-state index is -0.950. The zero-order valence-corrected chi connectivity index (χ0v) is 14.6. The van der Waals surface area contributed by atoms with Crippen LogP contribution in [0, 0.1) is 11.3 Å². The molecule has 1 aromatic heterocycles. The van der Waals surface area contributed by atoms with Crippen LogP contribution >= 0.6 is 34.5 Å². The number of aromatic nitrogens is 1. The Morgan fingerprint density at radius 3 is 2.54 bits per heavy atom. The van der Waals surface area contributed by atoms with Crippen molar-refractivity contribution in [1.29, 1.82) is 5.26 Å². The molecule has 0 saturated heterocycles. The van der Waals surface area contributed by atoms with Crippen LogP contribution in [-0.2, 0) is 0 Å². The summed E-state index contributed by atoms with van der Waals surface area (Å²) in [4.78, 5) is 17.0. The SMILES string of the molecule is N#CC(C(=O)c1cccc(Cl)c1)c1nc(-c2ccc(Cl)cc2)cs1. The molecule has 0 aliphatic carbocycles. The van der Waals surface area contributed by atoms with E-state index in [-0.39, 0.29) is 5.78 Å². The molecular weight excluding hydrogens is 363 g/mol. The predicted molar refractivity (Wildman–Crippen MR) is 96.7 cm³/mol. The van der Waals surface area contributed by atoms with Crippen molar-refractivity contribution in [2.45, 2.75) is 5.92 Å². The van der Waals surface area contributed by atoms with Gasteiger partial charge in [-0.25, -0.2) is 4.98 Å². The molecule has 1 unspecified atom stereocenters. The van der Waals surface area contributed by atoms with Gasteiger partial charge < -0.3 is 0 Å². The molecule has 0 aliphatic heterocycles. The second-order valence-corrected chi connectivity index (χ2v) is 6.78. The zero-order valence-electron chi connectivity index (χ0n) is 12.2. The molecule has 118 valence electrons. The number of hydrogen-bond donors (Lipinski definition) is 0. The van der Waals surface area contributed by atoms with Gasteiger partial charge in [0.2, 0.25) is 0 Å². The molecule has 1 heterocycles. The Kier molecular flexibility index (Phi) is 4.96. The summed E-state index contributed by atoms with van der Waals surface area (Å²) in [6.45, 7) is 0. The van der Waals surface area contributed by atoms with Crippen molar-refractivity contribution in [2.24, 2.45) is 0 Å². The molecule has 0 amide bonds. The predicted octanol–water partition coefficient (Wildman–Crippen LogP) is 5.61. The molecule has 0 saturated carbocycles. The minimum Gasteiger partial charge on any atom is -0.292 e. The standard InChI is InChI=1S/C18H10Cl2N2OS/c19-13-6-4-11(5-7-13)16-10-24-18(22-16)15(9-21)17(23)12-2-1-3-14(20)8-12/h1-8,10,15H. The number of nitrogens with zero attached hydrogens (tertiary/aromatic N) is 2. The van der Waals surface area contributed by atoms with E-state index in [1.807, 2.05) is 23.6 Å². The molecule has 3 aromatic rings. The van der Waals surface area contributed by atoms with Crippen molar-refractivity contribution in [1.82, 2.24) is 4.98 Å². The van der Waals surface area contributed by atoms with Crippen molar-refractivity contribution in [3.63, 3.8) is 0 Å². The summed E-state index contributed by atoms with van der Waals surface area (Å²) in [5.74, 6) is -1.26. The smallest absolute Gasteiger partial charge is 0.186 e. The van der Waals surface area contributed by atoms with Crippen LogP contribution in [-0.4, -0.2) is 10.8 Å². The molecule has 0 aliphatic rings. The first kappa shape index (κ1) is 16.7. The number of rotatable bonds is 4. The monoisotopic (exact) mass is 372 g/mol. The number of ketones is 1. The molecule has 2 aromatic carbocycles. The highest BCUT2D eigenvalue weighted by atomic mass is 35.5. The van der Waals surface area contributed by atoms with Crippen LogP contribution in [0.2, 0.25) is 10.0 Å². The molecule has 0 N–H and O–H groups in total. The molecule has 24 heavy (non-hydrogen) atoms. The minimum absolute atomic E-state index is 0.308. The highest BCUT2D eigenvalue weighted by molar-refractivity contribution is 7.10. The Labute approximate surface area is 153 Å². The van der Waals surface area contributed by atoms with Crippen LogP contribution in [0.15, 0.2) is 53.9 Å². The van der Waals surface area contributed by atoms with Gasteiger partial charge in [-0.1, -0.05) is 47.5 Å². The van der Waals surface area contributed by atoms with Gasteiger partial charge in [-0.2, -0.15) is 5.26 Å². The van der Waals surface area contributed by atoms with E-state index in [1.165, 1.54) is 11.3 Å². The maximum Gasteiger partial charge on any atom is 0.186 e. The Balaban J connectivity index is 1.91. The summed E-state index contributed by atoms with van der Waals surface area (Å²) >= 11 is 13.1. The quantitative estimate of drug-likeness (QED) is 0.559. The summed E-state index contributed by atoms with van der Waals surface area (Å²) in [6, 6.07) is 15.9.